The third-order valence-corrected chi connectivity index (χ3v) is 4.08. The van der Waals surface area contributed by atoms with Crippen LogP contribution in [0.1, 0.15) is 16.1 Å². The Balaban J connectivity index is 2.71. The molecule has 0 unspecified atom stereocenters. The second kappa shape index (κ2) is 5.48. The minimum atomic E-state index is -1.26. The van der Waals surface area contributed by atoms with Crippen molar-refractivity contribution in [2.45, 2.75) is 6.92 Å². The number of rotatable bonds is 2. The molecular weight excluding hydrogens is 323 g/mol. The van der Waals surface area contributed by atoms with E-state index in [2.05, 4.69) is 4.98 Å². The molecule has 0 spiro atoms. The van der Waals surface area contributed by atoms with Crippen LogP contribution in [0.4, 0.5) is 5.69 Å². The Morgan fingerprint density at radius 1 is 1.25 bits per heavy atom. The van der Waals surface area contributed by atoms with Gasteiger partial charge in [0, 0.05) is 10.6 Å². The summed E-state index contributed by atoms with van der Waals surface area (Å²) in [6.45, 7) is 1.76. The van der Waals surface area contributed by atoms with Gasteiger partial charge >= 0.3 is 5.97 Å². The van der Waals surface area contributed by atoms with E-state index in [0.717, 1.165) is 0 Å². The second-order valence-electron chi connectivity index (χ2n) is 4.10. The molecule has 0 aliphatic rings. The monoisotopic (exact) mass is 330 g/mol. The molecule has 2 aromatic rings. The van der Waals surface area contributed by atoms with Crippen molar-refractivity contribution in [1.82, 2.24) is 4.98 Å². The number of nitrogens with two attached hydrogens (primary N) is 1. The maximum atomic E-state index is 11.1. The quantitative estimate of drug-likeness (QED) is 0.860. The van der Waals surface area contributed by atoms with Gasteiger partial charge in [0.1, 0.15) is 0 Å². The number of carboxylic acid groups (broad SMARTS) is 1. The molecule has 0 atom stereocenters. The Morgan fingerprint density at radius 2 is 1.90 bits per heavy atom. The summed E-state index contributed by atoms with van der Waals surface area (Å²) < 4.78 is 0. The van der Waals surface area contributed by atoms with E-state index < -0.39 is 5.97 Å². The van der Waals surface area contributed by atoms with Gasteiger partial charge in [-0.05, 0) is 30.7 Å². The number of nitrogen functional groups attached to an aromatic ring is 1. The van der Waals surface area contributed by atoms with E-state index >= 15 is 0 Å². The number of hydrogen-bond donors (Lipinski definition) is 2. The fraction of sp³-hybridized carbons (Fsp3) is 0.0769. The molecule has 3 N–H and O–H groups in total. The van der Waals surface area contributed by atoms with Crippen molar-refractivity contribution in [2.24, 2.45) is 0 Å². The Kier molecular flexibility index (Phi) is 4.09. The Hall–Kier alpha value is -1.49. The van der Waals surface area contributed by atoms with Crippen LogP contribution in [-0.4, -0.2) is 16.1 Å². The standard InChI is InChI=1S/C13H9Cl3N2O2/c1-5-7(14)3-2-6(10(5)15)9-4-8(17)11(16)12(18-9)13(19)20/h2-4H,1H3,(H2,17,18)(H,19,20). The van der Waals surface area contributed by atoms with Crippen molar-refractivity contribution >= 4 is 46.5 Å². The van der Waals surface area contributed by atoms with Crippen molar-refractivity contribution in [3.8, 4) is 11.3 Å². The van der Waals surface area contributed by atoms with Crippen LogP contribution >= 0.6 is 34.8 Å². The topological polar surface area (TPSA) is 76.2 Å². The molecule has 0 saturated heterocycles. The van der Waals surface area contributed by atoms with Gasteiger partial charge in [-0.15, -0.1) is 0 Å². The van der Waals surface area contributed by atoms with Crippen LogP contribution in [0.2, 0.25) is 15.1 Å². The molecule has 1 aromatic heterocycles. The molecule has 0 bridgehead atoms. The first-order valence-electron chi connectivity index (χ1n) is 5.47. The lowest BCUT2D eigenvalue weighted by Crippen LogP contribution is -2.05. The number of hydrogen-bond acceptors (Lipinski definition) is 3. The molecule has 0 saturated carbocycles. The third-order valence-electron chi connectivity index (χ3n) is 2.78. The molecule has 4 nitrogen and oxygen atoms in total. The van der Waals surface area contributed by atoms with E-state index in [1.165, 1.54) is 6.07 Å². The summed E-state index contributed by atoms with van der Waals surface area (Å²) in [7, 11) is 0. The predicted octanol–water partition coefficient (Wildman–Crippen LogP) is 4.30. The molecule has 0 fully saturated rings. The van der Waals surface area contributed by atoms with Crippen molar-refractivity contribution in [2.75, 3.05) is 5.73 Å². The van der Waals surface area contributed by atoms with Crippen LogP contribution < -0.4 is 5.73 Å². The van der Waals surface area contributed by atoms with Gasteiger partial charge < -0.3 is 10.8 Å². The first-order valence-corrected chi connectivity index (χ1v) is 6.60. The fourth-order valence-corrected chi connectivity index (χ4v) is 2.33. The Labute approximate surface area is 130 Å². The van der Waals surface area contributed by atoms with Crippen molar-refractivity contribution in [3.63, 3.8) is 0 Å². The molecule has 0 radical (unpaired) electrons. The Bertz CT molecular complexity index is 717. The van der Waals surface area contributed by atoms with E-state index in [0.29, 0.717) is 26.9 Å². The van der Waals surface area contributed by atoms with Crippen LogP contribution in [0.3, 0.4) is 0 Å². The highest BCUT2D eigenvalue weighted by Gasteiger charge is 2.18. The molecule has 20 heavy (non-hydrogen) atoms. The molecule has 7 heteroatoms. The van der Waals surface area contributed by atoms with Gasteiger partial charge in [0.05, 0.1) is 21.4 Å². The maximum Gasteiger partial charge on any atom is 0.356 e. The fourth-order valence-electron chi connectivity index (χ4n) is 1.69. The third kappa shape index (κ3) is 2.54. The van der Waals surface area contributed by atoms with Gasteiger partial charge in [0.15, 0.2) is 5.69 Å². The highest BCUT2D eigenvalue weighted by Crippen LogP contribution is 2.35. The number of pyridine rings is 1. The molecule has 1 heterocycles. The smallest absolute Gasteiger partial charge is 0.356 e. The molecule has 2 rings (SSSR count). The van der Waals surface area contributed by atoms with Crippen LogP contribution in [0.5, 0.6) is 0 Å². The summed E-state index contributed by atoms with van der Waals surface area (Å²) in [5.74, 6) is -1.26. The van der Waals surface area contributed by atoms with Gasteiger partial charge in [0.25, 0.3) is 0 Å². The first kappa shape index (κ1) is 14.9. The number of nitrogens with zero attached hydrogens (tertiary/aromatic N) is 1. The zero-order valence-corrected chi connectivity index (χ0v) is 12.5. The Morgan fingerprint density at radius 3 is 2.50 bits per heavy atom. The number of carboxylic acids is 1. The van der Waals surface area contributed by atoms with E-state index in [4.69, 9.17) is 45.6 Å². The highest BCUT2D eigenvalue weighted by molar-refractivity contribution is 6.38. The average molecular weight is 332 g/mol. The van der Waals surface area contributed by atoms with Crippen LogP contribution in [0.15, 0.2) is 18.2 Å². The number of aromatic nitrogens is 1. The van der Waals surface area contributed by atoms with E-state index in [9.17, 15) is 4.79 Å². The maximum absolute atomic E-state index is 11.1. The van der Waals surface area contributed by atoms with Gasteiger partial charge in [-0.3, -0.25) is 0 Å². The predicted molar refractivity (Wildman–Crippen MR) is 80.8 cm³/mol. The van der Waals surface area contributed by atoms with E-state index in [-0.39, 0.29) is 16.4 Å². The molecule has 104 valence electrons. The molecule has 0 aliphatic heterocycles. The van der Waals surface area contributed by atoms with E-state index in [1.807, 2.05) is 0 Å². The lowest BCUT2D eigenvalue weighted by atomic mass is 10.1. The summed E-state index contributed by atoms with van der Waals surface area (Å²) in [6.07, 6.45) is 0. The number of anilines is 1. The van der Waals surface area contributed by atoms with Gasteiger partial charge in [-0.2, -0.15) is 0 Å². The van der Waals surface area contributed by atoms with Crippen molar-refractivity contribution in [1.29, 1.82) is 0 Å². The first-order chi connectivity index (χ1) is 9.32. The highest BCUT2D eigenvalue weighted by atomic mass is 35.5. The molecule has 0 aliphatic carbocycles. The van der Waals surface area contributed by atoms with Crippen molar-refractivity contribution in [3.05, 3.63) is 44.5 Å². The van der Waals surface area contributed by atoms with Gasteiger partial charge in [-0.1, -0.05) is 34.8 Å². The summed E-state index contributed by atoms with van der Waals surface area (Å²) >= 11 is 18.0. The minimum absolute atomic E-state index is 0.0944. The van der Waals surface area contributed by atoms with E-state index in [1.54, 1.807) is 19.1 Å². The molecule has 0 amide bonds. The normalized spacial score (nSPS) is 10.6. The summed E-state index contributed by atoms with van der Waals surface area (Å²) in [5, 5.41) is 9.88. The lowest BCUT2D eigenvalue weighted by Gasteiger charge is -2.10. The summed E-state index contributed by atoms with van der Waals surface area (Å²) in [5.41, 5.74) is 7.07. The number of benzene rings is 1. The number of carbonyl (C=O) groups is 1. The van der Waals surface area contributed by atoms with Gasteiger partial charge in [0.2, 0.25) is 0 Å². The van der Waals surface area contributed by atoms with Crippen molar-refractivity contribution < 1.29 is 9.90 Å². The summed E-state index contributed by atoms with van der Waals surface area (Å²) in [4.78, 5) is 15.1. The van der Waals surface area contributed by atoms with Crippen LogP contribution in [-0.2, 0) is 0 Å². The second-order valence-corrected chi connectivity index (χ2v) is 5.26. The average Bonchev–Trinajstić information content (AvgIpc) is 2.39. The zero-order chi connectivity index (χ0) is 15.0. The summed E-state index contributed by atoms with van der Waals surface area (Å²) in [6, 6.07) is 4.79. The molecule has 1 aromatic carbocycles. The lowest BCUT2D eigenvalue weighted by molar-refractivity contribution is 0.0691. The van der Waals surface area contributed by atoms with Crippen LogP contribution in [0, 0.1) is 6.92 Å². The number of aromatic carboxylic acids is 1. The minimum Gasteiger partial charge on any atom is -0.476 e. The van der Waals surface area contributed by atoms with Gasteiger partial charge in [-0.25, -0.2) is 9.78 Å². The number of halogens is 3. The largest absolute Gasteiger partial charge is 0.476 e. The zero-order valence-electron chi connectivity index (χ0n) is 10.2. The molecular formula is C13H9Cl3N2O2. The van der Waals surface area contributed by atoms with Crippen LogP contribution in [0.25, 0.3) is 11.3 Å². The SMILES string of the molecule is Cc1c(Cl)ccc(-c2cc(N)c(Cl)c(C(=O)O)n2)c1Cl.